The molecule has 0 spiro atoms. The highest BCUT2D eigenvalue weighted by Gasteiger charge is 2.22. The Labute approximate surface area is 157 Å². The maximum absolute atomic E-state index is 11.6. The highest BCUT2D eigenvalue weighted by Crippen LogP contribution is 2.33. The molecule has 7 heteroatoms. The fourth-order valence-corrected chi connectivity index (χ4v) is 4.28. The van der Waals surface area contributed by atoms with Crippen molar-refractivity contribution in [2.24, 2.45) is 0 Å². The number of carboxylic acid groups (broad SMARTS) is 1. The summed E-state index contributed by atoms with van der Waals surface area (Å²) in [6.07, 6.45) is 0.997. The molecule has 0 saturated carbocycles. The normalized spacial score (nSPS) is 14.1. The molecule has 0 unspecified atom stereocenters. The fraction of sp³-hybridized carbons (Fsp3) is 0.368. The van der Waals surface area contributed by atoms with Gasteiger partial charge >= 0.3 is 5.97 Å². The average Bonchev–Trinajstić information content (AvgIpc) is 2.91. The van der Waals surface area contributed by atoms with E-state index in [9.17, 15) is 14.7 Å². The van der Waals surface area contributed by atoms with E-state index in [-0.39, 0.29) is 11.6 Å². The third-order valence-electron chi connectivity index (χ3n) is 4.57. The summed E-state index contributed by atoms with van der Waals surface area (Å²) >= 11 is 1.61. The van der Waals surface area contributed by atoms with Crippen LogP contribution >= 0.6 is 11.9 Å². The Balaban J connectivity index is 1.76. The summed E-state index contributed by atoms with van der Waals surface area (Å²) in [6.45, 7) is 6.01. The molecule has 6 nitrogen and oxygen atoms in total. The number of carbonyl (C=O) groups excluding carboxylic acids is 1. The number of hydrogen-bond acceptors (Lipinski definition) is 4. The number of carboxylic acids is 1. The third-order valence-corrected chi connectivity index (χ3v) is 5.75. The summed E-state index contributed by atoms with van der Waals surface area (Å²) in [5.74, 6) is -1.07. The number of hydrogen-bond donors (Lipinski definition) is 2. The number of aromatic nitrogens is 1. The number of carbonyl (C=O) groups is 2. The molecule has 0 fully saturated rings. The number of nitrogens with one attached hydrogen (secondary N) is 1. The minimum Gasteiger partial charge on any atom is -0.477 e. The molecule has 0 saturated heterocycles. The van der Waals surface area contributed by atoms with Crippen LogP contribution in [0.1, 0.15) is 34.2 Å². The topological polar surface area (TPSA) is 74.6 Å². The SMILES string of the molecule is CC(=O)NCCn1c(C(=O)O)cc(SN2CCc3ccccc3C2)c1C. The predicted molar refractivity (Wildman–Crippen MR) is 101 cm³/mol. The van der Waals surface area contributed by atoms with Crippen molar-refractivity contribution >= 4 is 23.8 Å². The molecule has 2 N–H and O–H groups in total. The number of amides is 1. The van der Waals surface area contributed by atoms with Crippen LogP contribution in [0.2, 0.25) is 0 Å². The lowest BCUT2D eigenvalue weighted by Crippen LogP contribution is -2.26. The standard InChI is InChI=1S/C19H23N3O3S/c1-13-18(11-17(19(24)25)22(13)10-8-20-14(2)23)26-21-9-7-15-5-3-4-6-16(15)12-21/h3-6,11H,7-10,12H2,1-2H3,(H,20,23)(H,24,25). The third kappa shape index (κ3) is 4.11. The first-order valence-corrected chi connectivity index (χ1v) is 9.40. The van der Waals surface area contributed by atoms with Crippen LogP contribution in [0.4, 0.5) is 0 Å². The molecule has 1 amide bonds. The van der Waals surface area contributed by atoms with Crippen molar-refractivity contribution in [1.82, 2.24) is 14.2 Å². The molecule has 0 radical (unpaired) electrons. The van der Waals surface area contributed by atoms with Crippen LogP contribution in [0.5, 0.6) is 0 Å². The van der Waals surface area contributed by atoms with Crippen LogP contribution in [0.15, 0.2) is 35.2 Å². The second kappa shape index (κ2) is 7.97. The number of benzene rings is 1. The lowest BCUT2D eigenvalue weighted by atomic mass is 10.0. The molecule has 1 aromatic heterocycles. The van der Waals surface area contributed by atoms with E-state index in [2.05, 4.69) is 33.9 Å². The molecule has 0 atom stereocenters. The van der Waals surface area contributed by atoms with E-state index < -0.39 is 5.97 Å². The van der Waals surface area contributed by atoms with Gasteiger partial charge in [0.1, 0.15) is 5.69 Å². The van der Waals surface area contributed by atoms with E-state index in [4.69, 9.17) is 0 Å². The van der Waals surface area contributed by atoms with Gasteiger partial charge in [-0.15, -0.1) is 0 Å². The molecule has 1 aromatic carbocycles. The van der Waals surface area contributed by atoms with E-state index in [1.54, 1.807) is 22.6 Å². The van der Waals surface area contributed by atoms with Crippen molar-refractivity contribution in [1.29, 1.82) is 0 Å². The first kappa shape index (κ1) is 18.5. The number of nitrogens with zero attached hydrogens (tertiary/aromatic N) is 2. The Morgan fingerprint density at radius 2 is 2.00 bits per heavy atom. The van der Waals surface area contributed by atoms with E-state index in [0.29, 0.717) is 13.1 Å². The molecule has 3 rings (SSSR count). The van der Waals surface area contributed by atoms with Crippen LogP contribution in [-0.4, -0.2) is 38.9 Å². The molecule has 0 aliphatic carbocycles. The Morgan fingerprint density at radius 3 is 2.69 bits per heavy atom. The highest BCUT2D eigenvalue weighted by atomic mass is 32.2. The largest absolute Gasteiger partial charge is 0.477 e. The molecule has 1 aliphatic rings. The zero-order valence-corrected chi connectivity index (χ0v) is 15.8. The van der Waals surface area contributed by atoms with Gasteiger partial charge in [-0.3, -0.25) is 4.79 Å². The summed E-state index contributed by atoms with van der Waals surface area (Å²) in [6, 6.07) is 10.2. The molecular formula is C19H23N3O3S. The Morgan fingerprint density at radius 1 is 1.27 bits per heavy atom. The summed E-state index contributed by atoms with van der Waals surface area (Å²) in [5, 5.41) is 12.2. The van der Waals surface area contributed by atoms with Crippen LogP contribution in [0.3, 0.4) is 0 Å². The second-order valence-corrected chi connectivity index (χ2v) is 7.53. The van der Waals surface area contributed by atoms with Crippen LogP contribution in [0.25, 0.3) is 0 Å². The van der Waals surface area contributed by atoms with Crippen molar-refractivity contribution < 1.29 is 14.7 Å². The molecule has 2 heterocycles. The molecule has 0 bridgehead atoms. The number of aromatic carboxylic acids is 1. The molecule has 138 valence electrons. The lowest BCUT2D eigenvalue weighted by Gasteiger charge is -2.27. The van der Waals surface area contributed by atoms with Gasteiger partial charge in [-0.05, 0) is 42.5 Å². The van der Waals surface area contributed by atoms with E-state index in [1.807, 2.05) is 6.92 Å². The zero-order valence-electron chi connectivity index (χ0n) is 15.0. The predicted octanol–water partition coefficient (Wildman–Crippen LogP) is 2.70. The monoisotopic (exact) mass is 373 g/mol. The van der Waals surface area contributed by atoms with Gasteiger partial charge in [-0.2, -0.15) is 0 Å². The maximum Gasteiger partial charge on any atom is 0.352 e. The van der Waals surface area contributed by atoms with E-state index in [0.717, 1.165) is 30.1 Å². The summed E-state index contributed by atoms with van der Waals surface area (Å²) in [4.78, 5) is 23.6. The van der Waals surface area contributed by atoms with E-state index >= 15 is 0 Å². The highest BCUT2D eigenvalue weighted by molar-refractivity contribution is 7.97. The van der Waals surface area contributed by atoms with Crippen molar-refractivity contribution in [3.05, 3.63) is 52.8 Å². The second-order valence-electron chi connectivity index (χ2n) is 6.39. The van der Waals surface area contributed by atoms with Gasteiger partial charge < -0.3 is 15.0 Å². The van der Waals surface area contributed by atoms with Gasteiger partial charge in [0.2, 0.25) is 5.91 Å². The molecule has 26 heavy (non-hydrogen) atoms. The van der Waals surface area contributed by atoms with Crippen LogP contribution in [0, 0.1) is 6.92 Å². The van der Waals surface area contributed by atoms with Crippen LogP contribution in [-0.2, 0) is 24.3 Å². The van der Waals surface area contributed by atoms with Crippen molar-refractivity contribution in [2.45, 2.75) is 38.3 Å². The van der Waals surface area contributed by atoms with E-state index in [1.165, 1.54) is 18.1 Å². The first-order chi connectivity index (χ1) is 12.5. The number of fused-ring (bicyclic) bond motifs is 1. The number of rotatable bonds is 6. The van der Waals surface area contributed by atoms with Gasteiger partial charge in [0.15, 0.2) is 0 Å². The van der Waals surface area contributed by atoms with Gasteiger partial charge in [0.05, 0.1) is 0 Å². The van der Waals surface area contributed by atoms with Crippen molar-refractivity contribution in [3.8, 4) is 0 Å². The fourth-order valence-electron chi connectivity index (χ4n) is 3.21. The van der Waals surface area contributed by atoms with Crippen LogP contribution < -0.4 is 5.32 Å². The quantitative estimate of drug-likeness (QED) is 0.762. The Bertz CT molecular complexity index is 831. The summed E-state index contributed by atoms with van der Waals surface area (Å²) in [7, 11) is 0. The van der Waals surface area contributed by atoms with Gasteiger partial charge in [-0.1, -0.05) is 24.3 Å². The Kier molecular flexibility index (Phi) is 5.68. The minimum atomic E-state index is -0.952. The van der Waals surface area contributed by atoms with Crippen molar-refractivity contribution in [2.75, 3.05) is 13.1 Å². The molecule has 1 aliphatic heterocycles. The summed E-state index contributed by atoms with van der Waals surface area (Å²) in [5.41, 5.74) is 3.89. The lowest BCUT2D eigenvalue weighted by molar-refractivity contribution is -0.118. The Hall–Kier alpha value is -2.25. The van der Waals surface area contributed by atoms with Gasteiger partial charge in [0, 0.05) is 43.7 Å². The smallest absolute Gasteiger partial charge is 0.352 e. The van der Waals surface area contributed by atoms with Crippen molar-refractivity contribution in [3.63, 3.8) is 0 Å². The summed E-state index contributed by atoms with van der Waals surface area (Å²) < 4.78 is 4.03. The molecule has 2 aromatic rings. The minimum absolute atomic E-state index is 0.117. The maximum atomic E-state index is 11.6. The van der Waals surface area contributed by atoms with Gasteiger partial charge in [0.25, 0.3) is 0 Å². The average molecular weight is 373 g/mol. The van der Waals surface area contributed by atoms with Gasteiger partial charge in [-0.25, -0.2) is 9.10 Å². The molecular weight excluding hydrogens is 350 g/mol. The zero-order chi connectivity index (χ0) is 18.7. The first-order valence-electron chi connectivity index (χ1n) is 8.63.